The van der Waals surface area contributed by atoms with Crippen LogP contribution in [-0.4, -0.2) is 22.8 Å². The fraction of sp³-hybridized carbons (Fsp3) is 0.100. The van der Waals surface area contributed by atoms with Crippen molar-refractivity contribution >= 4 is 58.4 Å². The number of hydrogen-bond acceptors (Lipinski definition) is 4. The number of carbonyl (C=O) groups is 3. The van der Waals surface area contributed by atoms with Crippen LogP contribution in [0.2, 0.25) is 5.02 Å². The number of hydrazine groups is 1. The van der Waals surface area contributed by atoms with Gasteiger partial charge in [0.1, 0.15) is 0 Å². The van der Waals surface area contributed by atoms with Gasteiger partial charge in [-0.3, -0.25) is 30.6 Å². The number of nitrogens with one attached hydrogen (secondary N) is 4. The van der Waals surface area contributed by atoms with Gasteiger partial charge in [-0.05, 0) is 36.0 Å². The largest absolute Gasteiger partial charge is 0.325 e. The minimum atomic E-state index is -0.462. The van der Waals surface area contributed by atoms with Crippen molar-refractivity contribution in [2.75, 3.05) is 5.32 Å². The van der Waals surface area contributed by atoms with Gasteiger partial charge in [-0.25, -0.2) is 0 Å². The van der Waals surface area contributed by atoms with E-state index in [2.05, 4.69) is 21.5 Å². The smallest absolute Gasteiger partial charge is 0.250 e. The molecule has 29 heavy (non-hydrogen) atoms. The van der Waals surface area contributed by atoms with E-state index < -0.39 is 11.8 Å². The molecule has 0 radical (unpaired) electrons. The van der Waals surface area contributed by atoms with Crippen LogP contribution in [-0.2, 0) is 14.4 Å². The van der Waals surface area contributed by atoms with Crippen molar-refractivity contribution in [2.24, 2.45) is 0 Å². The van der Waals surface area contributed by atoms with Gasteiger partial charge in [-0.1, -0.05) is 54.1 Å². The Morgan fingerprint density at radius 1 is 0.897 bits per heavy atom. The number of anilines is 1. The second-order valence-corrected chi connectivity index (χ2v) is 6.58. The molecule has 0 aliphatic carbocycles. The van der Waals surface area contributed by atoms with Crippen LogP contribution in [0.3, 0.4) is 0 Å². The molecule has 0 unspecified atom stereocenters. The zero-order chi connectivity index (χ0) is 21.1. The molecule has 0 aliphatic heterocycles. The highest BCUT2D eigenvalue weighted by Crippen LogP contribution is 2.20. The number of thiocarbonyl (C=S) groups is 1. The summed E-state index contributed by atoms with van der Waals surface area (Å²) in [6.45, 7) is 0. The van der Waals surface area contributed by atoms with Crippen molar-refractivity contribution in [2.45, 2.75) is 12.8 Å². The Morgan fingerprint density at radius 3 is 2.28 bits per heavy atom. The highest BCUT2D eigenvalue weighted by Gasteiger charge is 2.09. The Bertz CT molecular complexity index is 919. The second kappa shape index (κ2) is 11.6. The first-order valence-corrected chi connectivity index (χ1v) is 9.40. The number of amides is 3. The lowest BCUT2D eigenvalue weighted by molar-refractivity contribution is -0.124. The third kappa shape index (κ3) is 8.54. The van der Waals surface area contributed by atoms with Crippen molar-refractivity contribution in [3.8, 4) is 0 Å². The molecule has 0 bridgehead atoms. The normalized spacial score (nSPS) is 10.2. The van der Waals surface area contributed by atoms with E-state index in [1.54, 1.807) is 30.3 Å². The summed E-state index contributed by atoms with van der Waals surface area (Å²) in [6.07, 6.45) is 2.84. The molecule has 2 aromatic rings. The van der Waals surface area contributed by atoms with Gasteiger partial charge < -0.3 is 5.32 Å². The van der Waals surface area contributed by atoms with E-state index in [0.717, 1.165) is 5.56 Å². The first-order chi connectivity index (χ1) is 13.9. The lowest BCUT2D eigenvalue weighted by Crippen LogP contribution is -2.48. The zero-order valence-corrected chi connectivity index (χ0v) is 16.8. The van der Waals surface area contributed by atoms with E-state index >= 15 is 0 Å². The molecule has 0 aromatic heterocycles. The summed E-state index contributed by atoms with van der Waals surface area (Å²) >= 11 is 10.9. The molecule has 0 spiro atoms. The molecule has 0 heterocycles. The average molecular weight is 431 g/mol. The molecule has 0 saturated carbocycles. The lowest BCUT2D eigenvalue weighted by Gasteiger charge is -2.10. The van der Waals surface area contributed by atoms with Gasteiger partial charge in [-0.2, -0.15) is 0 Å². The first kappa shape index (κ1) is 22.1. The molecule has 2 aromatic carbocycles. The van der Waals surface area contributed by atoms with Crippen LogP contribution < -0.4 is 21.5 Å². The van der Waals surface area contributed by atoms with E-state index in [0.29, 0.717) is 10.7 Å². The van der Waals surface area contributed by atoms with Gasteiger partial charge in [0.25, 0.3) is 0 Å². The summed E-state index contributed by atoms with van der Waals surface area (Å²) in [4.78, 5) is 35.5. The molecule has 3 amide bonds. The summed E-state index contributed by atoms with van der Waals surface area (Å²) in [7, 11) is 0. The number of benzene rings is 2. The highest BCUT2D eigenvalue weighted by atomic mass is 35.5. The van der Waals surface area contributed by atoms with Crippen molar-refractivity contribution in [3.63, 3.8) is 0 Å². The summed E-state index contributed by atoms with van der Waals surface area (Å²) < 4.78 is 0. The number of rotatable bonds is 6. The molecule has 0 atom stereocenters. The maximum absolute atomic E-state index is 11.9. The minimum Gasteiger partial charge on any atom is -0.325 e. The maximum atomic E-state index is 11.9. The molecule has 4 N–H and O–H groups in total. The molecule has 0 fully saturated rings. The number of carbonyl (C=O) groups excluding carboxylic acids is 3. The number of halogens is 1. The average Bonchev–Trinajstić information content (AvgIpc) is 2.71. The lowest BCUT2D eigenvalue weighted by atomic mass is 10.2. The Morgan fingerprint density at radius 2 is 1.55 bits per heavy atom. The molecular formula is C20H19ClN4O3S. The first-order valence-electron chi connectivity index (χ1n) is 8.61. The number of hydrogen-bond donors (Lipinski definition) is 4. The third-order valence-corrected chi connectivity index (χ3v) is 4.04. The van der Waals surface area contributed by atoms with Gasteiger partial charge in [0.15, 0.2) is 5.11 Å². The molecule has 150 valence electrons. The van der Waals surface area contributed by atoms with Crippen molar-refractivity contribution in [1.29, 1.82) is 0 Å². The Balaban J connectivity index is 1.65. The Kier molecular flexibility index (Phi) is 8.81. The highest BCUT2D eigenvalue weighted by molar-refractivity contribution is 7.80. The minimum absolute atomic E-state index is 0.0440. The maximum Gasteiger partial charge on any atom is 0.250 e. The standard InChI is InChI=1S/C20H19ClN4O3S/c21-15-8-4-5-9-16(15)22-17(26)12-13-19(28)24-25-20(29)23-18(27)11-10-14-6-2-1-3-7-14/h1-11H,12-13H2,(H,22,26)(H,24,28)(H2,23,25,27,29). The quantitative estimate of drug-likeness (QED) is 0.321. The van der Waals surface area contributed by atoms with Gasteiger partial charge in [0.2, 0.25) is 17.7 Å². The topological polar surface area (TPSA) is 99.3 Å². The van der Waals surface area contributed by atoms with Crippen molar-refractivity contribution < 1.29 is 14.4 Å². The van der Waals surface area contributed by atoms with Crippen molar-refractivity contribution in [3.05, 3.63) is 71.3 Å². The third-order valence-electron chi connectivity index (χ3n) is 3.51. The molecule has 9 heteroatoms. The van der Waals surface area contributed by atoms with Crippen LogP contribution in [0.15, 0.2) is 60.7 Å². The van der Waals surface area contributed by atoms with Gasteiger partial charge in [0.05, 0.1) is 10.7 Å². The summed E-state index contributed by atoms with van der Waals surface area (Å²) in [5.41, 5.74) is 6.07. The fourth-order valence-electron chi connectivity index (χ4n) is 2.11. The van der Waals surface area contributed by atoms with E-state index in [-0.39, 0.29) is 23.9 Å². The number of para-hydroxylation sites is 1. The zero-order valence-electron chi connectivity index (χ0n) is 15.3. The van der Waals surface area contributed by atoms with Crippen LogP contribution in [0.25, 0.3) is 6.08 Å². The molecule has 2 rings (SSSR count). The molecule has 0 aliphatic rings. The van der Waals surface area contributed by atoms with E-state index in [9.17, 15) is 14.4 Å². The van der Waals surface area contributed by atoms with Crippen molar-refractivity contribution in [1.82, 2.24) is 16.2 Å². The van der Waals surface area contributed by atoms with Gasteiger partial charge in [-0.15, -0.1) is 0 Å². The molecule has 0 saturated heterocycles. The van der Waals surface area contributed by atoms with Crippen LogP contribution >= 0.6 is 23.8 Å². The van der Waals surface area contributed by atoms with Crippen LogP contribution in [0, 0.1) is 0 Å². The van der Waals surface area contributed by atoms with Crippen LogP contribution in [0.5, 0.6) is 0 Å². The van der Waals surface area contributed by atoms with Gasteiger partial charge >= 0.3 is 0 Å². The Hall–Kier alpha value is -3.23. The van der Waals surface area contributed by atoms with Crippen LogP contribution in [0.4, 0.5) is 5.69 Å². The predicted octanol–water partition coefficient (Wildman–Crippen LogP) is 2.79. The summed E-state index contributed by atoms with van der Waals surface area (Å²) in [5, 5.41) is 5.36. The monoisotopic (exact) mass is 430 g/mol. The second-order valence-electron chi connectivity index (χ2n) is 5.76. The van der Waals surface area contributed by atoms with E-state index in [1.807, 2.05) is 30.3 Å². The molecular weight excluding hydrogens is 412 g/mol. The van der Waals surface area contributed by atoms with Crippen LogP contribution in [0.1, 0.15) is 18.4 Å². The van der Waals surface area contributed by atoms with E-state index in [4.69, 9.17) is 23.8 Å². The summed E-state index contributed by atoms with van der Waals surface area (Å²) in [6, 6.07) is 16.1. The summed E-state index contributed by atoms with van der Waals surface area (Å²) in [5.74, 6) is -1.26. The predicted molar refractivity (Wildman–Crippen MR) is 117 cm³/mol. The Labute approximate surface area is 178 Å². The SMILES string of the molecule is O=C(C=Cc1ccccc1)NC(=S)NNC(=O)CCC(=O)Nc1ccccc1Cl. The molecule has 7 nitrogen and oxygen atoms in total. The van der Waals surface area contributed by atoms with E-state index in [1.165, 1.54) is 6.08 Å². The van der Waals surface area contributed by atoms with Gasteiger partial charge in [0, 0.05) is 18.9 Å². The fourth-order valence-corrected chi connectivity index (χ4v) is 2.45.